The second kappa shape index (κ2) is 4.29. The molecule has 8 heavy (non-hydrogen) atoms. The smallest absolute Gasteiger partial charge is 0.00881 e. The van der Waals surface area contributed by atoms with Gasteiger partial charge in [-0.15, -0.1) is 0 Å². The minimum atomic E-state index is -0.164. The predicted molar refractivity (Wildman–Crippen MR) is 41.4 cm³/mol. The number of hydrogen-bond donors (Lipinski definition) is 1. The molecule has 0 spiro atoms. The summed E-state index contributed by atoms with van der Waals surface area (Å²) >= 11 is 0. The maximum atomic E-state index is 5.72. The van der Waals surface area contributed by atoms with Crippen molar-refractivity contribution in [2.45, 2.75) is 32.3 Å². The minimum Gasteiger partial charge on any atom is -0.310 e. The van der Waals surface area contributed by atoms with Crippen LogP contribution in [0.3, 0.4) is 0 Å². The fraction of sp³-hybridized carbons (Fsp3) is 1.00. The van der Waals surface area contributed by atoms with Gasteiger partial charge in [0, 0.05) is 0 Å². The van der Waals surface area contributed by atoms with Crippen molar-refractivity contribution in [1.82, 2.24) is 0 Å². The Hall–Kier alpha value is 0.390. The second-order valence-corrected chi connectivity index (χ2v) is 4.20. The molecule has 0 fully saturated rings. The van der Waals surface area contributed by atoms with Crippen molar-refractivity contribution >= 4 is 8.07 Å². The lowest BCUT2D eigenvalue weighted by atomic mass is 10.3. The van der Waals surface area contributed by atoms with Crippen LogP contribution in [0.15, 0.2) is 0 Å². The average molecular weight is 133 g/mol. The van der Waals surface area contributed by atoms with E-state index in [1.165, 1.54) is 12.8 Å². The Balaban J connectivity index is 3.35. The zero-order valence-corrected chi connectivity index (χ0v) is 6.91. The zero-order valence-electron chi connectivity index (χ0n) is 6.02. The van der Waals surface area contributed by atoms with Gasteiger partial charge in [-0.3, -0.25) is 0 Å². The molecule has 0 aromatic rings. The minimum absolute atomic E-state index is 0.164. The van der Waals surface area contributed by atoms with Gasteiger partial charge in [-0.1, -0.05) is 13.8 Å². The third-order valence-electron chi connectivity index (χ3n) is 1.52. The van der Waals surface area contributed by atoms with Crippen molar-refractivity contribution < 1.29 is 0 Å². The maximum absolute atomic E-state index is 5.72. The third kappa shape index (κ3) is 2.64. The summed E-state index contributed by atoms with van der Waals surface area (Å²) in [4.78, 5) is 0. The zero-order chi connectivity index (χ0) is 6.57. The predicted octanol–water partition coefficient (Wildman–Crippen LogP) is 2.16. The fourth-order valence-electron chi connectivity index (χ4n) is 0.865. The van der Waals surface area contributed by atoms with Gasteiger partial charge in [0.2, 0.25) is 0 Å². The maximum Gasteiger partial charge on any atom is -0.00881 e. The lowest BCUT2D eigenvalue weighted by molar-refractivity contribution is 0.781. The molecule has 1 unspecified atom stereocenters. The van der Waals surface area contributed by atoms with Gasteiger partial charge >= 0.3 is 0 Å². The summed E-state index contributed by atoms with van der Waals surface area (Å²) in [5.41, 5.74) is 6.52. The van der Waals surface area contributed by atoms with Crippen LogP contribution < -0.4 is 5.50 Å². The summed E-state index contributed by atoms with van der Waals surface area (Å²) in [6.07, 6.45) is 2.49. The summed E-state index contributed by atoms with van der Waals surface area (Å²) in [5.74, 6) is 0. The molecule has 0 aromatic heterocycles. The van der Waals surface area contributed by atoms with Gasteiger partial charge in [0.25, 0.3) is 0 Å². The summed E-state index contributed by atoms with van der Waals surface area (Å²) in [5, 5.41) is 0. The van der Waals surface area contributed by atoms with Crippen molar-refractivity contribution in [2.24, 2.45) is 5.50 Å². The highest BCUT2D eigenvalue weighted by Gasteiger charge is 2.06. The third-order valence-corrected chi connectivity index (χ3v) is 3.40. The number of nitrogens with two attached hydrogens (primary N) is 1. The molecule has 1 nitrogen and oxygen atoms in total. The van der Waals surface area contributed by atoms with Gasteiger partial charge < -0.3 is 5.50 Å². The van der Waals surface area contributed by atoms with Crippen LogP contribution in [-0.2, 0) is 0 Å². The van der Waals surface area contributed by atoms with E-state index >= 15 is 0 Å². The van der Waals surface area contributed by atoms with Gasteiger partial charge in [-0.05, 0) is 33.2 Å². The fourth-order valence-corrected chi connectivity index (χ4v) is 2.02. The Labute approximate surface area is 53.5 Å². The highest BCUT2D eigenvalue weighted by Crippen LogP contribution is 2.31. The first-order valence-electron chi connectivity index (χ1n) is 3.19. The van der Waals surface area contributed by atoms with Crippen LogP contribution in [0.25, 0.3) is 0 Å². The highest BCUT2D eigenvalue weighted by atomic mass is 31.1. The van der Waals surface area contributed by atoms with Gasteiger partial charge in [-0.2, -0.15) is 0 Å². The standard InChI is InChI=1S/C6H16NP/c1-4-6(5-2)8(3)7/h6H,4-5,7H2,1-3H3. The molecule has 2 N–H and O–H groups in total. The monoisotopic (exact) mass is 133 g/mol. The van der Waals surface area contributed by atoms with E-state index in [0.717, 1.165) is 5.66 Å². The molecular formula is C6H16NP. The summed E-state index contributed by atoms with van der Waals surface area (Å²) in [6, 6.07) is 0. The van der Waals surface area contributed by atoms with Crippen molar-refractivity contribution in [2.75, 3.05) is 6.66 Å². The summed E-state index contributed by atoms with van der Waals surface area (Å²) in [6.45, 7) is 6.56. The molecule has 50 valence electrons. The molecule has 0 saturated heterocycles. The lowest BCUT2D eigenvalue weighted by Gasteiger charge is -2.15. The van der Waals surface area contributed by atoms with E-state index in [-0.39, 0.29) is 8.07 Å². The van der Waals surface area contributed by atoms with E-state index in [4.69, 9.17) is 5.50 Å². The molecule has 1 atom stereocenters. The Kier molecular flexibility index (Phi) is 4.50. The Morgan fingerprint density at radius 3 is 1.75 bits per heavy atom. The van der Waals surface area contributed by atoms with Crippen molar-refractivity contribution in [3.05, 3.63) is 0 Å². The van der Waals surface area contributed by atoms with Gasteiger partial charge in [0.15, 0.2) is 0 Å². The van der Waals surface area contributed by atoms with Crippen molar-refractivity contribution in [3.8, 4) is 0 Å². The summed E-state index contributed by atoms with van der Waals surface area (Å²) < 4.78 is 0. The van der Waals surface area contributed by atoms with Crippen LogP contribution in [-0.4, -0.2) is 12.3 Å². The van der Waals surface area contributed by atoms with Crippen LogP contribution in [0.4, 0.5) is 0 Å². The van der Waals surface area contributed by atoms with Crippen molar-refractivity contribution in [1.29, 1.82) is 0 Å². The van der Waals surface area contributed by atoms with Gasteiger partial charge in [-0.25, -0.2) is 0 Å². The molecule has 0 saturated carbocycles. The molecular weight excluding hydrogens is 117 g/mol. The first-order valence-corrected chi connectivity index (χ1v) is 5.12. The molecule has 0 rings (SSSR count). The average Bonchev–Trinajstić information content (AvgIpc) is 1.69. The number of hydrogen-bond acceptors (Lipinski definition) is 1. The molecule has 2 heteroatoms. The topological polar surface area (TPSA) is 26.0 Å². The van der Waals surface area contributed by atoms with E-state index < -0.39 is 0 Å². The molecule has 0 aliphatic carbocycles. The Morgan fingerprint density at radius 1 is 1.38 bits per heavy atom. The van der Waals surface area contributed by atoms with Crippen molar-refractivity contribution in [3.63, 3.8) is 0 Å². The van der Waals surface area contributed by atoms with Crippen LogP contribution in [0, 0.1) is 0 Å². The first-order chi connectivity index (χ1) is 3.72. The summed E-state index contributed by atoms with van der Waals surface area (Å²) in [7, 11) is -0.164. The molecule has 0 bridgehead atoms. The second-order valence-electron chi connectivity index (χ2n) is 2.14. The van der Waals surface area contributed by atoms with E-state index in [1.54, 1.807) is 0 Å². The molecule has 0 amide bonds. The van der Waals surface area contributed by atoms with Crippen LogP contribution in [0.2, 0.25) is 0 Å². The molecule has 0 radical (unpaired) electrons. The number of rotatable bonds is 3. The SMILES string of the molecule is CCC(CC)P(C)N. The first kappa shape index (κ1) is 8.39. The molecule has 0 aromatic carbocycles. The van der Waals surface area contributed by atoms with E-state index in [1.807, 2.05) is 0 Å². The lowest BCUT2D eigenvalue weighted by Crippen LogP contribution is -2.06. The Bertz CT molecular complexity index is 50.5. The van der Waals surface area contributed by atoms with E-state index in [0.29, 0.717) is 0 Å². The molecule has 0 heterocycles. The molecule has 0 aliphatic heterocycles. The van der Waals surface area contributed by atoms with E-state index in [9.17, 15) is 0 Å². The van der Waals surface area contributed by atoms with Gasteiger partial charge in [0.05, 0.1) is 0 Å². The van der Waals surface area contributed by atoms with Crippen LogP contribution in [0.5, 0.6) is 0 Å². The van der Waals surface area contributed by atoms with E-state index in [2.05, 4.69) is 20.5 Å². The Morgan fingerprint density at radius 2 is 1.75 bits per heavy atom. The van der Waals surface area contributed by atoms with Crippen LogP contribution in [0.1, 0.15) is 26.7 Å². The van der Waals surface area contributed by atoms with Gasteiger partial charge in [0.1, 0.15) is 0 Å². The quantitative estimate of drug-likeness (QED) is 0.586. The largest absolute Gasteiger partial charge is 0.310 e. The highest BCUT2D eigenvalue weighted by molar-refractivity contribution is 7.55. The van der Waals surface area contributed by atoms with Crippen LogP contribution >= 0.6 is 8.07 Å². The normalized spacial score (nSPS) is 14.6. The molecule has 0 aliphatic rings.